The van der Waals surface area contributed by atoms with Crippen LogP contribution in [-0.2, 0) is 9.47 Å². The summed E-state index contributed by atoms with van der Waals surface area (Å²) in [5.74, 6) is 0. The molecule has 1 atom stereocenters. The Hall–Kier alpha value is -0.0800. The molecular formula is C12H24O2. The number of hydrogen-bond acceptors (Lipinski definition) is 2. The van der Waals surface area contributed by atoms with E-state index in [1.54, 1.807) is 0 Å². The summed E-state index contributed by atoms with van der Waals surface area (Å²) < 4.78 is 11.5. The summed E-state index contributed by atoms with van der Waals surface area (Å²) >= 11 is 0. The number of unbranched alkanes of at least 4 members (excludes halogenated alkanes) is 1. The highest BCUT2D eigenvalue weighted by molar-refractivity contribution is 4.70. The first-order chi connectivity index (χ1) is 6.64. The van der Waals surface area contributed by atoms with E-state index in [0.717, 1.165) is 19.4 Å². The smallest absolute Gasteiger partial charge is 0.158 e. The van der Waals surface area contributed by atoms with E-state index < -0.39 is 0 Å². The lowest BCUT2D eigenvalue weighted by Crippen LogP contribution is -2.34. The molecule has 0 radical (unpaired) electrons. The highest BCUT2D eigenvalue weighted by Crippen LogP contribution is 2.24. The highest BCUT2D eigenvalue weighted by Gasteiger charge is 2.24. The average Bonchev–Trinajstić information content (AvgIpc) is 2.16. The van der Waals surface area contributed by atoms with Gasteiger partial charge >= 0.3 is 0 Å². The van der Waals surface area contributed by atoms with Crippen molar-refractivity contribution in [1.82, 2.24) is 0 Å². The minimum atomic E-state index is -0.0159. The third kappa shape index (κ3) is 4.43. The van der Waals surface area contributed by atoms with Crippen molar-refractivity contribution in [3.8, 4) is 0 Å². The zero-order valence-electron chi connectivity index (χ0n) is 9.84. The molecule has 0 amide bonds. The second-order valence-electron chi connectivity index (χ2n) is 4.78. The molecule has 84 valence electrons. The molecule has 1 aliphatic heterocycles. The third-order valence-corrected chi connectivity index (χ3v) is 2.72. The Kier molecular flexibility index (Phi) is 4.90. The summed E-state index contributed by atoms with van der Waals surface area (Å²) in [5.41, 5.74) is -0.0159. The molecule has 2 heteroatoms. The monoisotopic (exact) mass is 200 g/mol. The van der Waals surface area contributed by atoms with Crippen LogP contribution >= 0.6 is 0 Å². The van der Waals surface area contributed by atoms with Crippen molar-refractivity contribution in [1.29, 1.82) is 0 Å². The Labute approximate surface area is 88.0 Å². The lowest BCUT2D eigenvalue weighted by Gasteiger charge is -2.32. The molecule has 1 unspecified atom stereocenters. The van der Waals surface area contributed by atoms with Gasteiger partial charge in [0.2, 0.25) is 0 Å². The van der Waals surface area contributed by atoms with E-state index in [1.807, 2.05) is 0 Å². The molecule has 2 nitrogen and oxygen atoms in total. The molecule has 1 saturated heterocycles. The van der Waals surface area contributed by atoms with Gasteiger partial charge in [0.1, 0.15) is 0 Å². The Balaban J connectivity index is 2.25. The largest absolute Gasteiger partial charge is 0.353 e. The summed E-state index contributed by atoms with van der Waals surface area (Å²) in [4.78, 5) is 0. The molecule has 1 aliphatic rings. The number of rotatable bonds is 5. The second-order valence-corrected chi connectivity index (χ2v) is 4.78. The summed E-state index contributed by atoms with van der Waals surface area (Å²) in [5, 5.41) is 0. The van der Waals surface area contributed by atoms with Gasteiger partial charge < -0.3 is 9.47 Å². The van der Waals surface area contributed by atoms with E-state index in [4.69, 9.17) is 9.47 Å². The lowest BCUT2D eigenvalue weighted by molar-refractivity contribution is -0.217. The molecule has 0 N–H and O–H groups in total. The Morgan fingerprint density at radius 1 is 1.36 bits per heavy atom. The van der Waals surface area contributed by atoms with Gasteiger partial charge in [-0.2, -0.15) is 0 Å². The van der Waals surface area contributed by atoms with Crippen molar-refractivity contribution in [3.05, 3.63) is 0 Å². The summed E-state index contributed by atoms with van der Waals surface area (Å²) in [6.45, 7) is 7.42. The van der Waals surface area contributed by atoms with Crippen LogP contribution < -0.4 is 0 Å². The molecule has 0 saturated carbocycles. The van der Waals surface area contributed by atoms with Crippen LogP contribution in [0.15, 0.2) is 0 Å². The average molecular weight is 200 g/mol. The van der Waals surface area contributed by atoms with Gasteiger partial charge in [0.25, 0.3) is 0 Å². The van der Waals surface area contributed by atoms with Gasteiger partial charge in [-0.25, -0.2) is 0 Å². The van der Waals surface area contributed by atoms with Gasteiger partial charge in [0, 0.05) is 6.61 Å². The van der Waals surface area contributed by atoms with E-state index in [-0.39, 0.29) is 11.9 Å². The topological polar surface area (TPSA) is 18.5 Å². The Morgan fingerprint density at radius 2 is 2.14 bits per heavy atom. The first kappa shape index (κ1) is 12.0. The SMILES string of the molecule is CCCCC(C)(C)OC1CCCCO1. The highest BCUT2D eigenvalue weighted by atomic mass is 16.7. The fourth-order valence-corrected chi connectivity index (χ4v) is 1.82. The van der Waals surface area contributed by atoms with Gasteiger partial charge in [0.05, 0.1) is 5.60 Å². The van der Waals surface area contributed by atoms with E-state index in [1.165, 1.54) is 25.7 Å². The summed E-state index contributed by atoms with van der Waals surface area (Å²) in [7, 11) is 0. The maximum atomic E-state index is 5.96. The molecule has 0 bridgehead atoms. The van der Waals surface area contributed by atoms with Crippen molar-refractivity contribution in [2.45, 2.75) is 71.2 Å². The summed E-state index contributed by atoms with van der Waals surface area (Å²) in [6, 6.07) is 0. The normalized spacial score (nSPS) is 23.8. The molecule has 0 spiro atoms. The fraction of sp³-hybridized carbons (Fsp3) is 1.00. The minimum Gasteiger partial charge on any atom is -0.353 e. The molecule has 1 rings (SSSR count). The first-order valence-corrected chi connectivity index (χ1v) is 5.93. The lowest BCUT2D eigenvalue weighted by atomic mass is 10.0. The molecule has 0 aliphatic carbocycles. The van der Waals surface area contributed by atoms with Crippen LogP contribution in [0.2, 0.25) is 0 Å². The maximum Gasteiger partial charge on any atom is 0.158 e. The van der Waals surface area contributed by atoms with E-state index in [2.05, 4.69) is 20.8 Å². The van der Waals surface area contributed by atoms with Crippen LogP contribution in [0.1, 0.15) is 59.3 Å². The van der Waals surface area contributed by atoms with E-state index >= 15 is 0 Å². The van der Waals surface area contributed by atoms with E-state index in [9.17, 15) is 0 Å². The van der Waals surface area contributed by atoms with Crippen LogP contribution in [0.3, 0.4) is 0 Å². The van der Waals surface area contributed by atoms with Gasteiger partial charge in [-0.1, -0.05) is 19.8 Å². The zero-order chi connectivity index (χ0) is 10.4. The maximum absolute atomic E-state index is 5.96. The van der Waals surface area contributed by atoms with Crippen molar-refractivity contribution in [2.75, 3.05) is 6.61 Å². The van der Waals surface area contributed by atoms with Crippen molar-refractivity contribution in [2.24, 2.45) is 0 Å². The fourth-order valence-electron chi connectivity index (χ4n) is 1.82. The molecule has 14 heavy (non-hydrogen) atoms. The van der Waals surface area contributed by atoms with Crippen molar-refractivity contribution >= 4 is 0 Å². The third-order valence-electron chi connectivity index (χ3n) is 2.72. The van der Waals surface area contributed by atoms with Gasteiger partial charge in [-0.3, -0.25) is 0 Å². The predicted octanol–water partition coefficient (Wildman–Crippen LogP) is 3.50. The Bertz CT molecular complexity index is 148. The zero-order valence-corrected chi connectivity index (χ0v) is 9.84. The molecule has 0 aromatic carbocycles. The van der Waals surface area contributed by atoms with Crippen LogP contribution in [0.4, 0.5) is 0 Å². The predicted molar refractivity (Wildman–Crippen MR) is 58.3 cm³/mol. The van der Waals surface area contributed by atoms with Crippen LogP contribution in [0.5, 0.6) is 0 Å². The number of ether oxygens (including phenoxy) is 2. The van der Waals surface area contributed by atoms with Crippen molar-refractivity contribution < 1.29 is 9.47 Å². The number of hydrogen-bond donors (Lipinski definition) is 0. The minimum absolute atomic E-state index is 0.0159. The van der Waals surface area contributed by atoms with E-state index in [0.29, 0.717) is 0 Å². The Morgan fingerprint density at radius 3 is 2.71 bits per heavy atom. The van der Waals surface area contributed by atoms with Gasteiger partial charge in [-0.15, -0.1) is 0 Å². The molecule has 1 fully saturated rings. The summed E-state index contributed by atoms with van der Waals surface area (Å²) in [6.07, 6.45) is 7.15. The van der Waals surface area contributed by atoms with Crippen LogP contribution in [0, 0.1) is 0 Å². The van der Waals surface area contributed by atoms with Crippen LogP contribution in [0.25, 0.3) is 0 Å². The first-order valence-electron chi connectivity index (χ1n) is 5.93. The standard InChI is InChI=1S/C12H24O2/c1-4-5-9-12(2,3)14-11-8-6-7-10-13-11/h11H,4-10H2,1-3H3. The second kappa shape index (κ2) is 5.72. The molecule has 0 aromatic heterocycles. The molecule has 1 heterocycles. The quantitative estimate of drug-likeness (QED) is 0.676. The van der Waals surface area contributed by atoms with Crippen molar-refractivity contribution in [3.63, 3.8) is 0 Å². The molecular weight excluding hydrogens is 176 g/mol. The van der Waals surface area contributed by atoms with Crippen LogP contribution in [-0.4, -0.2) is 18.5 Å². The molecule has 0 aromatic rings. The van der Waals surface area contributed by atoms with Gasteiger partial charge in [0.15, 0.2) is 6.29 Å². The van der Waals surface area contributed by atoms with Gasteiger partial charge in [-0.05, 0) is 39.5 Å².